The molecule has 2 heterocycles. The Kier molecular flexibility index (Phi) is 7.45. The van der Waals surface area contributed by atoms with Crippen molar-refractivity contribution in [2.45, 2.75) is 31.1 Å². The Morgan fingerprint density at radius 2 is 1.65 bits per heavy atom. The number of imide groups is 1. The lowest BCUT2D eigenvalue weighted by atomic mass is 9.98. The maximum Gasteiger partial charge on any atom is 0.247 e. The Morgan fingerprint density at radius 3 is 2.30 bits per heavy atom. The van der Waals surface area contributed by atoms with Crippen molar-refractivity contribution in [3.63, 3.8) is 0 Å². The van der Waals surface area contributed by atoms with Crippen molar-refractivity contribution in [1.29, 1.82) is 5.41 Å². The Bertz CT molecular complexity index is 1410. The number of amidine groups is 1. The van der Waals surface area contributed by atoms with Crippen LogP contribution in [0.25, 0.3) is 0 Å². The van der Waals surface area contributed by atoms with Gasteiger partial charge in [0.1, 0.15) is 5.25 Å². The number of anilines is 1. The number of carbonyl (C=O) groups excluding carboxylic acids is 2. The maximum atomic E-state index is 13.2. The first-order chi connectivity index (χ1) is 17.7. The van der Waals surface area contributed by atoms with Crippen LogP contribution in [-0.4, -0.2) is 33.0 Å². The molecule has 188 valence electrons. The summed E-state index contributed by atoms with van der Waals surface area (Å²) in [4.78, 5) is 27.1. The van der Waals surface area contributed by atoms with Crippen molar-refractivity contribution in [2.75, 3.05) is 4.90 Å². The van der Waals surface area contributed by atoms with Gasteiger partial charge < -0.3 is 0 Å². The van der Waals surface area contributed by atoms with E-state index in [0.29, 0.717) is 22.2 Å². The smallest absolute Gasteiger partial charge is 0.247 e. The Balaban J connectivity index is 1.40. The van der Waals surface area contributed by atoms with Gasteiger partial charge in [-0.1, -0.05) is 92.9 Å². The van der Waals surface area contributed by atoms with Crippen molar-refractivity contribution >= 4 is 79.3 Å². The van der Waals surface area contributed by atoms with Crippen molar-refractivity contribution in [3.05, 3.63) is 97.9 Å². The molecule has 2 amide bonds. The van der Waals surface area contributed by atoms with Gasteiger partial charge >= 0.3 is 0 Å². The minimum Gasteiger partial charge on any atom is -0.277 e. The van der Waals surface area contributed by atoms with E-state index in [1.165, 1.54) is 12.1 Å². The van der Waals surface area contributed by atoms with Gasteiger partial charge in [0.2, 0.25) is 11.8 Å². The van der Waals surface area contributed by atoms with Gasteiger partial charge in [-0.3, -0.25) is 15.0 Å². The highest BCUT2D eigenvalue weighted by Gasteiger charge is 2.42. The second-order valence-electron chi connectivity index (χ2n) is 8.84. The second kappa shape index (κ2) is 10.6. The van der Waals surface area contributed by atoms with Gasteiger partial charge in [-0.05, 0) is 48.4 Å². The molecule has 10 heteroatoms. The van der Waals surface area contributed by atoms with Crippen LogP contribution < -0.4 is 4.90 Å². The van der Waals surface area contributed by atoms with Gasteiger partial charge in [-0.15, -0.1) is 0 Å². The largest absolute Gasteiger partial charge is 0.277 e. The number of hydrazone groups is 1. The molecule has 2 aliphatic heterocycles. The number of hydrogen-bond acceptors (Lipinski definition) is 5. The van der Waals surface area contributed by atoms with E-state index in [-0.39, 0.29) is 23.5 Å². The van der Waals surface area contributed by atoms with E-state index in [9.17, 15) is 9.59 Å². The van der Waals surface area contributed by atoms with Crippen LogP contribution in [0.4, 0.5) is 5.69 Å². The van der Waals surface area contributed by atoms with Gasteiger partial charge in [0.15, 0.2) is 5.17 Å². The van der Waals surface area contributed by atoms with E-state index in [2.05, 4.69) is 15.9 Å². The third-order valence-corrected chi connectivity index (χ3v) is 8.25. The van der Waals surface area contributed by atoms with Crippen LogP contribution in [0.5, 0.6) is 0 Å². The molecule has 2 unspecified atom stereocenters. The lowest BCUT2D eigenvalue weighted by Crippen LogP contribution is -2.32. The monoisotopic (exact) mass is 614 g/mol. The van der Waals surface area contributed by atoms with Gasteiger partial charge in [0.25, 0.3) is 0 Å². The molecule has 1 fully saturated rings. The Labute approximate surface area is 237 Å². The summed E-state index contributed by atoms with van der Waals surface area (Å²) >= 11 is 16.7. The quantitative estimate of drug-likeness (QED) is 0.191. The standard InChI is InChI=1S/C27H21BrCl2N4O2S/c1-15-2-4-16(5-3-15)22-13-23(17-6-8-18(28)9-7-17)34(32-22)27(31)37-24-14-25(35)33(26(24)36)21-11-19(29)10-20(30)12-21/h2-12,23-24,31H,13-14H2,1H3. The van der Waals surface area contributed by atoms with Crippen molar-refractivity contribution < 1.29 is 9.59 Å². The molecule has 37 heavy (non-hydrogen) atoms. The van der Waals surface area contributed by atoms with Crippen molar-refractivity contribution in [1.82, 2.24) is 5.01 Å². The number of rotatable bonds is 4. The molecule has 0 spiro atoms. The maximum absolute atomic E-state index is 13.2. The second-order valence-corrected chi connectivity index (χ2v) is 11.8. The average molecular weight is 616 g/mol. The third kappa shape index (κ3) is 5.48. The predicted octanol–water partition coefficient (Wildman–Crippen LogP) is 7.22. The molecule has 0 bridgehead atoms. The lowest BCUT2D eigenvalue weighted by molar-refractivity contribution is -0.121. The Morgan fingerprint density at radius 1 is 1.00 bits per heavy atom. The van der Waals surface area contributed by atoms with Crippen LogP contribution in [0, 0.1) is 12.3 Å². The summed E-state index contributed by atoms with van der Waals surface area (Å²) in [6.07, 6.45) is 0.583. The van der Waals surface area contributed by atoms with Crippen LogP contribution in [0.3, 0.4) is 0 Å². The lowest BCUT2D eigenvalue weighted by Gasteiger charge is -2.24. The highest BCUT2D eigenvalue weighted by atomic mass is 79.9. The van der Waals surface area contributed by atoms with Crippen LogP contribution in [-0.2, 0) is 9.59 Å². The minimum atomic E-state index is -0.748. The zero-order valence-electron chi connectivity index (χ0n) is 19.6. The topological polar surface area (TPSA) is 76.8 Å². The molecule has 0 saturated carbocycles. The minimum absolute atomic E-state index is 0.0265. The number of thioether (sulfide) groups is 1. The molecule has 6 nitrogen and oxygen atoms in total. The number of nitrogens with one attached hydrogen (secondary N) is 1. The van der Waals surface area contributed by atoms with Gasteiger partial charge in [-0.25, -0.2) is 9.91 Å². The summed E-state index contributed by atoms with van der Waals surface area (Å²) in [6, 6.07) is 20.4. The van der Waals surface area contributed by atoms with E-state index in [1.54, 1.807) is 11.1 Å². The number of halogens is 3. The van der Waals surface area contributed by atoms with E-state index in [1.807, 2.05) is 55.5 Å². The number of hydrogen-bond donors (Lipinski definition) is 1. The van der Waals surface area contributed by atoms with Crippen LogP contribution in [0.2, 0.25) is 10.0 Å². The summed E-state index contributed by atoms with van der Waals surface area (Å²) in [7, 11) is 0. The molecule has 0 radical (unpaired) electrons. The fourth-order valence-corrected chi connectivity index (χ4v) is 6.14. The van der Waals surface area contributed by atoms with Gasteiger partial charge in [0.05, 0.1) is 17.4 Å². The highest BCUT2D eigenvalue weighted by Crippen LogP contribution is 2.38. The summed E-state index contributed by atoms with van der Waals surface area (Å²) in [6.45, 7) is 2.03. The summed E-state index contributed by atoms with van der Waals surface area (Å²) < 4.78 is 0.959. The zero-order valence-corrected chi connectivity index (χ0v) is 23.5. The first-order valence-corrected chi connectivity index (χ1v) is 13.9. The molecule has 3 aromatic carbocycles. The van der Waals surface area contributed by atoms with E-state index >= 15 is 0 Å². The average Bonchev–Trinajstić information content (AvgIpc) is 3.40. The highest BCUT2D eigenvalue weighted by molar-refractivity contribution is 9.10. The summed E-state index contributed by atoms with van der Waals surface area (Å²) in [5.74, 6) is -0.761. The molecule has 0 aliphatic carbocycles. The molecule has 5 rings (SSSR count). The zero-order chi connectivity index (χ0) is 26.3. The Hall–Kier alpha value is -2.65. The summed E-state index contributed by atoms with van der Waals surface area (Å²) in [5.41, 5.74) is 4.34. The van der Waals surface area contributed by atoms with Crippen molar-refractivity contribution in [2.24, 2.45) is 5.10 Å². The number of amides is 2. The predicted molar refractivity (Wildman–Crippen MR) is 154 cm³/mol. The first-order valence-electron chi connectivity index (χ1n) is 11.5. The van der Waals surface area contributed by atoms with Gasteiger partial charge in [-0.2, -0.15) is 5.10 Å². The molecular weight excluding hydrogens is 595 g/mol. The molecule has 2 aliphatic rings. The van der Waals surface area contributed by atoms with Gasteiger partial charge in [0, 0.05) is 27.4 Å². The first kappa shape index (κ1) is 26.0. The molecule has 2 atom stereocenters. The normalized spacial score (nSPS) is 19.5. The number of aryl methyl sites for hydroxylation is 1. The number of benzene rings is 3. The van der Waals surface area contributed by atoms with E-state index in [0.717, 1.165) is 43.5 Å². The molecule has 1 N–H and O–H groups in total. The summed E-state index contributed by atoms with van der Waals surface area (Å²) in [5, 5.41) is 15.4. The molecule has 1 saturated heterocycles. The van der Waals surface area contributed by atoms with Crippen LogP contribution >= 0.6 is 50.9 Å². The third-order valence-electron chi connectivity index (χ3n) is 6.22. The fraction of sp³-hybridized carbons (Fsp3) is 0.185. The number of nitrogens with zero attached hydrogens (tertiary/aromatic N) is 3. The van der Waals surface area contributed by atoms with E-state index in [4.69, 9.17) is 33.7 Å². The molecule has 0 aromatic heterocycles. The molecule has 3 aromatic rings. The molecular formula is C27H21BrCl2N4O2S. The van der Waals surface area contributed by atoms with Crippen LogP contribution in [0.1, 0.15) is 35.6 Å². The van der Waals surface area contributed by atoms with E-state index < -0.39 is 11.2 Å². The fourth-order valence-electron chi connectivity index (χ4n) is 4.39. The SMILES string of the molecule is Cc1ccc(C2=NN(C(=N)SC3CC(=O)N(c4cc(Cl)cc(Cl)c4)C3=O)C(c3ccc(Br)cc3)C2)cc1. The van der Waals surface area contributed by atoms with Crippen molar-refractivity contribution in [3.8, 4) is 0 Å². The van der Waals surface area contributed by atoms with Crippen LogP contribution in [0.15, 0.2) is 76.3 Å². The number of carbonyl (C=O) groups is 2.